The zero-order valence-electron chi connectivity index (χ0n) is 6.41. The molecule has 0 radical (unpaired) electrons. The Hall–Kier alpha value is -0.900. The molecule has 1 aliphatic heterocycles. The van der Waals surface area contributed by atoms with Gasteiger partial charge in [0.25, 0.3) is 5.91 Å². The molecule has 1 heterocycles. The van der Waals surface area contributed by atoms with Crippen LogP contribution >= 0.6 is 0 Å². The lowest BCUT2D eigenvalue weighted by Gasteiger charge is -2.11. The van der Waals surface area contributed by atoms with E-state index in [0.29, 0.717) is 6.54 Å². The smallest absolute Gasteiger partial charge is 0.258 e. The third-order valence-electron chi connectivity index (χ3n) is 1.67. The SMILES string of the molecule is CCCN1C(=O)CC(O)C1=O. The van der Waals surface area contributed by atoms with Crippen LogP contribution in [0.4, 0.5) is 0 Å². The number of nitrogens with zero attached hydrogens (tertiary/aromatic N) is 1. The van der Waals surface area contributed by atoms with E-state index in [1.807, 2.05) is 6.92 Å². The minimum atomic E-state index is -1.09. The highest BCUT2D eigenvalue weighted by molar-refractivity contribution is 6.04. The van der Waals surface area contributed by atoms with Crippen molar-refractivity contribution in [3.63, 3.8) is 0 Å². The Morgan fingerprint density at radius 3 is 2.64 bits per heavy atom. The quantitative estimate of drug-likeness (QED) is 0.550. The second kappa shape index (κ2) is 3.00. The van der Waals surface area contributed by atoms with Gasteiger partial charge < -0.3 is 5.11 Å². The summed E-state index contributed by atoms with van der Waals surface area (Å²) in [5.74, 6) is -0.707. The van der Waals surface area contributed by atoms with Gasteiger partial charge in [0.15, 0.2) is 0 Å². The third-order valence-corrected chi connectivity index (χ3v) is 1.67. The highest BCUT2D eigenvalue weighted by Gasteiger charge is 2.36. The van der Waals surface area contributed by atoms with E-state index in [1.54, 1.807) is 0 Å². The monoisotopic (exact) mass is 157 g/mol. The number of aliphatic hydroxyl groups excluding tert-OH is 1. The van der Waals surface area contributed by atoms with Crippen molar-refractivity contribution in [2.24, 2.45) is 0 Å². The topological polar surface area (TPSA) is 57.6 Å². The molecule has 4 heteroatoms. The van der Waals surface area contributed by atoms with Crippen LogP contribution in [0.25, 0.3) is 0 Å². The molecule has 1 N–H and O–H groups in total. The zero-order valence-corrected chi connectivity index (χ0v) is 6.41. The average molecular weight is 157 g/mol. The average Bonchev–Trinajstić information content (AvgIpc) is 2.17. The summed E-state index contributed by atoms with van der Waals surface area (Å²) < 4.78 is 0. The van der Waals surface area contributed by atoms with Crippen molar-refractivity contribution in [2.75, 3.05) is 6.54 Å². The molecular weight excluding hydrogens is 146 g/mol. The first-order valence-corrected chi connectivity index (χ1v) is 3.69. The van der Waals surface area contributed by atoms with Crippen LogP contribution in [0.3, 0.4) is 0 Å². The molecule has 1 aliphatic rings. The molecule has 0 aromatic rings. The molecule has 1 saturated heterocycles. The number of amides is 2. The molecule has 1 rings (SSSR count). The van der Waals surface area contributed by atoms with Crippen molar-refractivity contribution in [1.29, 1.82) is 0 Å². The van der Waals surface area contributed by atoms with Crippen molar-refractivity contribution < 1.29 is 14.7 Å². The van der Waals surface area contributed by atoms with E-state index in [4.69, 9.17) is 5.11 Å². The maximum absolute atomic E-state index is 11.0. The summed E-state index contributed by atoms with van der Waals surface area (Å²) in [5.41, 5.74) is 0. The van der Waals surface area contributed by atoms with Crippen molar-refractivity contribution in [2.45, 2.75) is 25.9 Å². The first-order chi connectivity index (χ1) is 5.16. The molecule has 0 bridgehead atoms. The van der Waals surface area contributed by atoms with Gasteiger partial charge >= 0.3 is 0 Å². The lowest BCUT2D eigenvalue weighted by molar-refractivity contribution is -0.140. The normalized spacial score (nSPS) is 24.9. The number of carbonyl (C=O) groups is 2. The van der Waals surface area contributed by atoms with Gasteiger partial charge in [-0.3, -0.25) is 14.5 Å². The summed E-state index contributed by atoms with van der Waals surface area (Å²) in [6.07, 6.45) is -0.391. The maximum atomic E-state index is 11.0. The summed E-state index contributed by atoms with van der Waals surface area (Å²) in [6.45, 7) is 2.31. The summed E-state index contributed by atoms with van der Waals surface area (Å²) in [7, 11) is 0. The molecule has 0 aliphatic carbocycles. The Bertz CT molecular complexity index is 190. The molecule has 62 valence electrons. The van der Waals surface area contributed by atoms with Gasteiger partial charge in [0, 0.05) is 6.54 Å². The van der Waals surface area contributed by atoms with E-state index in [1.165, 1.54) is 0 Å². The molecule has 1 unspecified atom stereocenters. The van der Waals surface area contributed by atoms with Crippen molar-refractivity contribution in [3.8, 4) is 0 Å². The van der Waals surface area contributed by atoms with Gasteiger partial charge in [-0.15, -0.1) is 0 Å². The van der Waals surface area contributed by atoms with E-state index in [9.17, 15) is 9.59 Å². The first-order valence-electron chi connectivity index (χ1n) is 3.69. The molecule has 4 nitrogen and oxygen atoms in total. The molecule has 1 atom stereocenters. The minimum Gasteiger partial charge on any atom is -0.383 e. The number of imide groups is 1. The molecular formula is C7H11NO3. The lowest BCUT2D eigenvalue weighted by Crippen LogP contribution is -2.32. The Morgan fingerprint density at radius 2 is 2.27 bits per heavy atom. The summed E-state index contributed by atoms with van der Waals surface area (Å²) in [5, 5.41) is 8.95. The standard InChI is InChI=1S/C7H11NO3/c1-2-3-8-6(10)4-5(9)7(8)11/h5,9H,2-4H2,1H3. The molecule has 0 spiro atoms. The van der Waals surface area contributed by atoms with Gasteiger partial charge in [0.05, 0.1) is 6.42 Å². The molecule has 2 amide bonds. The highest BCUT2D eigenvalue weighted by Crippen LogP contribution is 2.12. The van der Waals surface area contributed by atoms with Crippen LogP contribution in [0.2, 0.25) is 0 Å². The number of hydrogen-bond acceptors (Lipinski definition) is 3. The Balaban J connectivity index is 2.64. The van der Waals surface area contributed by atoms with Crippen LogP contribution in [0, 0.1) is 0 Å². The lowest BCUT2D eigenvalue weighted by atomic mass is 10.3. The van der Waals surface area contributed by atoms with Crippen LogP contribution in [0.15, 0.2) is 0 Å². The van der Waals surface area contributed by atoms with Gasteiger partial charge in [-0.25, -0.2) is 0 Å². The number of likely N-dealkylation sites (tertiary alicyclic amines) is 1. The maximum Gasteiger partial charge on any atom is 0.258 e. The van der Waals surface area contributed by atoms with Crippen molar-refractivity contribution >= 4 is 11.8 Å². The predicted molar refractivity (Wildman–Crippen MR) is 37.6 cm³/mol. The van der Waals surface area contributed by atoms with Crippen LogP contribution in [0.1, 0.15) is 19.8 Å². The van der Waals surface area contributed by atoms with Crippen molar-refractivity contribution in [1.82, 2.24) is 4.90 Å². The Kier molecular flexibility index (Phi) is 2.24. The first kappa shape index (κ1) is 8.20. The van der Waals surface area contributed by atoms with Crippen LogP contribution < -0.4 is 0 Å². The van der Waals surface area contributed by atoms with Crippen LogP contribution in [0.5, 0.6) is 0 Å². The summed E-state index contributed by atoms with van der Waals surface area (Å²) >= 11 is 0. The number of rotatable bonds is 2. The summed E-state index contributed by atoms with van der Waals surface area (Å²) in [4.78, 5) is 23.0. The molecule has 0 saturated carbocycles. The van der Waals surface area contributed by atoms with Gasteiger partial charge in [0.1, 0.15) is 6.10 Å². The van der Waals surface area contributed by atoms with E-state index in [2.05, 4.69) is 0 Å². The highest BCUT2D eigenvalue weighted by atomic mass is 16.3. The Morgan fingerprint density at radius 1 is 1.64 bits per heavy atom. The molecule has 0 aromatic heterocycles. The second-order valence-electron chi connectivity index (χ2n) is 2.60. The minimum absolute atomic E-state index is 0.0428. The Labute approximate surface area is 64.8 Å². The van der Waals surface area contributed by atoms with Gasteiger partial charge in [-0.1, -0.05) is 6.92 Å². The predicted octanol–water partition coefficient (Wildman–Crippen LogP) is -0.484. The molecule has 11 heavy (non-hydrogen) atoms. The summed E-state index contributed by atoms with van der Waals surface area (Å²) in [6, 6.07) is 0. The number of aliphatic hydroxyl groups is 1. The van der Waals surface area contributed by atoms with E-state index in [0.717, 1.165) is 11.3 Å². The van der Waals surface area contributed by atoms with Gasteiger partial charge in [-0.05, 0) is 6.42 Å². The van der Waals surface area contributed by atoms with Gasteiger partial charge in [0.2, 0.25) is 5.91 Å². The second-order valence-corrected chi connectivity index (χ2v) is 2.60. The largest absolute Gasteiger partial charge is 0.383 e. The van der Waals surface area contributed by atoms with Crippen LogP contribution in [-0.4, -0.2) is 34.5 Å². The fraction of sp³-hybridized carbons (Fsp3) is 0.714. The third kappa shape index (κ3) is 1.40. The fourth-order valence-electron chi connectivity index (χ4n) is 1.12. The van der Waals surface area contributed by atoms with E-state index < -0.39 is 12.0 Å². The number of hydrogen-bond donors (Lipinski definition) is 1. The molecule has 0 aromatic carbocycles. The molecule has 1 fully saturated rings. The zero-order chi connectivity index (χ0) is 8.43. The fourth-order valence-corrected chi connectivity index (χ4v) is 1.12. The van der Waals surface area contributed by atoms with E-state index >= 15 is 0 Å². The van der Waals surface area contributed by atoms with Crippen LogP contribution in [-0.2, 0) is 9.59 Å². The van der Waals surface area contributed by atoms with Gasteiger partial charge in [-0.2, -0.15) is 0 Å². The van der Waals surface area contributed by atoms with E-state index in [-0.39, 0.29) is 12.3 Å². The number of carbonyl (C=O) groups excluding carboxylic acids is 2. The van der Waals surface area contributed by atoms with Crippen molar-refractivity contribution in [3.05, 3.63) is 0 Å².